The van der Waals surface area contributed by atoms with Crippen molar-refractivity contribution in [2.75, 3.05) is 26.3 Å². The molecule has 3 aromatic rings. The third-order valence-corrected chi connectivity index (χ3v) is 8.57. The number of aliphatic hydroxyl groups excluding tert-OH is 1. The predicted octanol–water partition coefficient (Wildman–Crippen LogP) is 3.06. The Kier molecular flexibility index (Phi) is 7.63. The molecular weight excluding hydrogens is 468 g/mol. The second kappa shape index (κ2) is 10.5. The molecule has 1 saturated heterocycles. The Labute approximate surface area is 205 Å². The van der Waals surface area contributed by atoms with Crippen molar-refractivity contribution < 1.29 is 18.3 Å². The highest BCUT2D eigenvalue weighted by atomic mass is 32.2. The molecule has 35 heavy (non-hydrogen) atoms. The summed E-state index contributed by atoms with van der Waals surface area (Å²) in [7, 11) is -1.92. The van der Waals surface area contributed by atoms with Gasteiger partial charge in [-0.2, -0.15) is 4.31 Å². The molecule has 4 rings (SSSR count). The molecule has 0 aliphatic carbocycles. The van der Waals surface area contributed by atoms with E-state index < -0.39 is 10.0 Å². The molecule has 3 heterocycles. The first-order chi connectivity index (χ1) is 16.8. The van der Waals surface area contributed by atoms with Crippen LogP contribution in [0.25, 0.3) is 22.4 Å². The predicted molar refractivity (Wildman–Crippen MR) is 135 cm³/mol. The summed E-state index contributed by atoms with van der Waals surface area (Å²) in [5, 5.41) is 9.19. The highest BCUT2D eigenvalue weighted by Crippen LogP contribution is 2.33. The number of nitrogens with zero attached hydrogens (tertiary/aromatic N) is 3. The molecule has 2 N–H and O–H groups in total. The number of aromatic nitrogens is 3. The van der Waals surface area contributed by atoms with Crippen molar-refractivity contribution in [1.29, 1.82) is 0 Å². The summed E-state index contributed by atoms with van der Waals surface area (Å²) < 4.78 is 36.0. The van der Waals surface area contributed by atoms with Crippen molar-refractivity contribution in [2.45, 2.75) is 50.8 Å². The van der Waals surface area contributed by atoms with Gasteiger partial charge in [-0.05, 0) is 62.3 Å². The van der Waals surface area contributed by atoms with E-state index in [0.29, 0.717) is 54.4 Å². The Balaban J connectivity index is 1.78. The van der Waals surface area contributed by atoms with E-state index in [9.17, 15) is 18.3 Å². The van der Waals surface area contributed by atoms with Crippen LogP contribution in [0.15, 0.2) is 34.1 Å². The maximum Gasteiger partial charge on any atom is 0.275 e. The minimum Gasteiger partial charge on any atom is -0.493 e. The Morgan fingerprint density at radius 2 is 1.97 bits per heavy atom. The molecule has 9 nitrogen and oxygen atoms in total. The SMILES string of the molecule is CCCc1cn(C)c2c(=O)[nH]c(-c3cc(S(=O)(=O)N4CCC(CCO)CC4)ccc3OCC)nc12. The average Bonchev–Trinajstić information content (AvgIpc) is 3.15. The van der Waals surface area contributed by atoms with E-state index in [1.165, 1.54) is 4.31 Å². The van der Waals surface area contributed by atoms with Crippen LogP contribution in [-0.4, -0.2) is 58.7 Å². The first-order valence-electron chi connectivity index (χ1n) is 12.3. The Morgan fingerprint density at radius 3 is 2.63 bits per heavy atom. The van der Waals surface area contributed by atoms with E-state index in [4.69, 9.17) is 9.72 Å². The fourth-order valence-electron chi connectivity index (χ4n) is 4.86. The summed E-state index contributed by atoms with van der Waals surface area (Å²) in [6.45, 7) is 5.26. The highest BCUT2D eigenvalue weighted by molar-refractivity contribution is 7.89. The number of rotatable bonds is 9. The minimum atomic E-state index is -3.74. The molecule has 0 saturated carbocycles. The lowest BCUT2D eigenvalue weighted by Crippen LogP contribution is -2.38. The van der Waals surface area contributed by atoms with Crippen LogP contribution < -0.4 is 10.3 Å². The van der Waals surface area contributed by atoms with E-state index >= 15 is 0 Å². The summed E-state index contributed by atoms with van der Waals surface area (Å²) >= 11 is 0. The number of aromatic amines is 1. The smallest absolute Gasteiger partial charge is 0.275 e. The van der Waals surface area contributed by atoms with Gasteiger partial charge in [-0.1, -0.05) is 13.3 Å². The van der Waals surface area contributed by atoms with Crippen molar-refractivity contribution in [3.63, 3.8) is 0 Å². The van der Waals surface area contributed by atoms with Crippen LogP contribution in [0.1, 0.15) is 45.1 Å². The fourth-order valence-corrected chi connectivity index (χ4v) is 6.36. The van der Waals surface area contributed by atoms with Crippen molar-refractivity contribution in [2.24, 2.45) is 13.0 Å². The van der Waals surface area contributed by atoms with Crippen LogP contribution in [-0.2, 0) is 23.5 Å². The van der Waals surface area contributed by atoms with E-state index in [1.54, 1.807) is 22.8 Å². The number of sulfonamides is 1. The van der Waals surface area contributed by atoms with Gasteiger partial charge in [0.25, 0.3) is 5.56 Å². The number of H-pyrrole nitrogens is 1. The van der Waals surface area contributed by atoms with Crippen molar-refractivity contribution in [1.82, 2.24) is 18.8 Å². The third kappa shape index (κ3) is 5.00. The summed E-state index contributed by atoms with van der Waals surface area (Å²) in [6, 6.07) is 4.73. The maximum atomic E-state index is 13.5. The van der Waals surface area contributed by atoms with Gasteiger partial charge < -0.3 is 19.4 Å². The van der Waals surface area contributed by atoms with Gasteiger partial charge >= 0.3 is 0 Å². The number of aliphatic hydroxyl groups is 1. The van der Waals surface area contributed by atoms with Crippen molar-refractivity contribution >= 4 is 21.1 Å². The molecule has 10 heteroatoms. The van der Waals surface area contributed by atoms with Gasteiger partial charge in [-0.25, -0.2) is 13.4 Å². The van der Waals surface area contributed by atoms with Gasteiger partial charge in [0.1, 0.15) is 17.1 Å². The standard InChI is InChI=1S/C25H34N4O5S/c1-4-6-18-16-28(3)23-22(18)26-24(27-25(23)31)20-15-19(7-8-21(20)34-5-2)35(32,33)29-12-9-17(10-13-29)11-14-30/h7-8,15-17,30H,4-6,9-14H2,1-3H3,(H,26,27,31). The first kappa shape index (κ1) is 25.4. The van der Waals surface area contributed by atoms with Gasteiger partial charge in [0, 0.05) is 32.9 Å². The molecule has 0 radical (unpaired) electrons. The van der Waals surface area contributed by atoms with Crippen LogP contribution >= 0.6 is 0 Å². The summed E-state index contributed by atoms with van der Waals surface area (Å²) in [5.41, 5.74) is 2.24. The van der Waals surface area contributed by atoms with Gasteiger partial charge in [0.05, 0.1) is 22.6 Å². The third-order valence-electron chi connectivity index (χ3n) is 6.68. The normalized spacial score (nSPS) is 15.7. The summed E-state index contributed by atoms with van der Waals surface area (Å²) in [5.74, 6) is 1.09. The molecule has 1 aromatic carbocycles. The number of benzene rings is 1. The van der Waals surface area contributed by atoms with Gasteiger partial charge in [-0.3, -0.25) is 4.79 Å². The summed E-state index contributed by atoms with van der Waals surface area (Å²) in [6.07, 6.45) is 5.77. The topological polar surface area (TPSA) is 118 Å². The second-order valence-electron chi connectivity index (χ2n) is 9.08. The van der Waals surface area contributed by atoms with E-state index in [-0.39, 0.29) is 22.9 Å². The van der Waals surface area contributed by atoms with Gasteiger partial charge in [0.2, 0.25) is 10.0 Å². The number of aryl methyl sites for hydroxylation is 2. The highest BCUT2D eigenvalue weighted by Gasteiger charge is 2.30. The monoisotopic (exact) mass is 502 g/mol. The lowest BCUT2D eigenvalue weighted by molar-refractivity contribution is 0.208. The number of ether oxygens (including phenoxy) is 1. The second-order valence-corrected chi connectivity index (χ2v) is 11.0. The molecule has 0 bridgehead atoms. The molecule has 190 valence electrons. The number of hydrogen-bond acceptors (Lipinski definition) is 6. The zero-order valence-corrected chi connectivity index (χ0v) is 21.4. The quantitative estimate of drug-likeness (QED) is 0.464. The zero-order valence-electron chi connectivity index (χ0n) is 20.6. The molecule has 0 atom stereocenters. The molecule has 0 spiro atoms. The molecule has 1 aliphatic heterocycles. The van der Waals surface area contributed by atoms with Crippen LogP contribution in [0.5, 0.6) is 5.75 Å². The van der Waals surface area contributed by atoms with Crippen molar-refractivity contribution in [3.8, 4) is 17.1 Å². The molecule has 1 aliphatic rings. The van der Waals surface area contributed by atoms with Crippen molar-refractivity contribution in [3.05, 3.63) is 40.3 Å². The zero-order chi connectivity index (χ0) is 25.2. The molecule has 0 unspecified atom stereocenters. The fraction of sp³-hybridized carbons (Fsp3) is 0.520. The largest absolute Gasteiger partial charge is 0.493 e. The maximum absolute atomic E-state index is 13.5. The molecule has 2 aromatic heterocycles. The minimum absolute atomic E-state index is 0.122. The Bertz CT molecular complexity index is 1350. The molecule has 0 amide bonds. The van der Waals surface area contributed by atoms with Crippen LogP contribution in [0, 0.1) is 5.92 Å². The number of hydrogen-bond donors (Lipinski definition) is 2. The lowest BCUT2D eigenvalue weighted by atomic mass is 9.95. The molecule has 1 fully saturated rings. The number of piperidine rings is 1. The van der Waals surface area contributed by atoms with E-state index in [1.807, 2.05) is 20.2 Å². The lowest BCUT2D eigenvalue weighted by Gasteiger charge is -2.31. The van der Waals surface area contributed by atoms with E-state index in [2.05, 4.69) is 11.9 Å². The van der Waals surface area contributed by atoms with Crippen LogP contribution in [0.4, 0.5) is 0 Å². The number of fused-ring (bicyclic) bond motifs is 1. The van der Waals surface area contributed by atoms with Crippen LogP contribution in [0.2, 0.25) is 0 Å². The Morgan fingerprint density at radius 1 is 1.23 bits per heavy atom. The molecular formula is C25H34N4O5S. The van der Waals surface area contributed by atoms with Crippen LogP contribution in [0.3, 0.4) is 0 Å². The van der Waals surface area contributed by atoms with Gasteiger partial charge in [-0.15, -0.1) is 0 Å². The number of nitrogens with one attached hydrogen (secondary N) is 1. The van der Waals surface area contributed by atoms with E-state index in [0.717, 1.165) is 31.2 Å². The first-order valence-corrected chi connectivity index (χ1v) is 13.7. The Hall–Kier alpha value is -2.69. The summed E-state index contributed by atoms with van der Waals surface area (Å²) in [4.78, 5) is 20.7. The average molecular weight is 503 g/mol. The van der Waals surface area contributed by atoms with Gasteiger partial charge in [0.15, 0.2) is 0 Å².